The van der Waals surface area contributed by atoms with Gasteiger partial charge in [-0.2, -0.15) is 0 Å². The first kappa shape index (κ1) is 19.0. The van der Waals surface area contributed by atoms with Crippen LogP contribution in [0.4, 0.5) is 5.69 Å². The molecule has 158 valence electrons. The fraction of sp³-hybridized carbons (Fsp3) is 0.192. The summed E-state index contributed by atoms with van der Waals surface area (Å²) in [4.78, 5) is 13.8. The van der Waals surface area contributed by atoms with Crippen LogP contribution in [0.2, 0.25) is 0 Å². The zero-order chi connectivity index (χ0) is 21.3. The molecule has 0 amide bonds. The van der Waals surface area contributed by atoms with Gasteiger partial charge in [-0.1, -0.05) is 18.2 Å². The summed E-state index contributed by atoms with van der Waals surface area (Å²) >= 11 is 0. The number of nitrogens with one attached hydrogen (secondary N) is 2. The van der Waals surface area contributed by atoms with Crippen LogP contribution in [0.1, 0.15) is 12.8 Å². The average molecular weight is 421 g/mol. The molecule has 1 aliphatic rings. The fourth-order valence-corrected chi connectivity index (χ4v) is 4.49. The molecule has 6 rings (SSSR count). The van der Waals surface area contributed by atoms with Gasteiger partial charge in [0, 0.05) is 23.8 Å². The third-order valence-electron chi connectivity index (χ3n) is 6.21. The third-order valence-corrected chi connectivity index (χ3v) is 6.21. The van der Waals surface area contributed by atoms with Crippen molar-refractivity contribution < 1.29 is 0 Å². The highest BCUT2D eigenvalue weighted by molar-refractivity contribution is 5.91. The highest BCUT2D eigenvalue weighted by atomic mass is 15.1. The van der Waals surface area contributed by atoms with E-state index in [1.165, 1.54) is 0 Å². The van der Waals surface area contributed by atoms with E-state index < -0.39 is 0 Å². The highest BCUT2D eigenvalue weighted by Crippen LogP contribution is 2.28. The zero-order valence-electron chi connectivity index (χ0n) is 17.7. The Morgan fingerprint density at radius 2 is 1.78 bits per heavy atom. The predicted molar refractivity (Wildman–Crippen MR) is 129 cm³/mol. The molecule has 1 aliphatic heterocycles. The number of para-hydroxylation sites is 1. The Morgan fingerprint density at radius 3 is 2.66 bits per heavy atom. The van der Waals surface area contributed by atoms with Crippen molar-refractivity contribution in [1.29, 1.82) is 0 Å². The van der Waals surface area contributed by atoms with Crippen molar-refractivity contribution in [3.05, 3.63) is 79.4 Å². The Kier molecular flexibility index (Phi) is 4.77. The molecule has 32 heavy (non-hydrogen) atoms. The summed E-state index contributed by atoms with van der Waals surface area (Å²) in [6.07, 6.45) is 7.74. The largest absolute Gasteiger partial charge is 0.380 e. The molecule has 0 bridgehead atoms. The van der Waals surface area contributed by atoms with Crippen LogP contribution in [0.5, 0.6) is 0 Å². The number of fused-ring (bicyclic) bond motifs is 2. The zero-order valence-corrected chi connectivity index (χ0v) is 17.7. The van der Waals surface area contributed by atoms with Crippen molar-refractivity contribution in [2.24, 2.45) is 0 Å². The summed E-state index contributed by atoms with van der Waals surface area (Å²) in [5, 5.41) is 8.29. The van der Waals surface area contributed by atoms with Gasteiger partial charge in [0.2, 0.25) is 0 Å². The molecule has 0 saturated carbocycles. The molecule has 2 aromatic carbocycles. The Morgan fingerprint density at radius 1 is 0.906 bits per heavy atom. The number of hydrogen-bond donors (Lipinski definition) is 2. The van der Waals surface area contributed by atoms with E-state index in [2.05, 4.69) is 73.7 Å². The molecule has 3 aromatic heterocycles. The maximum Gasteiger partial charge on any atom is 0.139 e. The lowest BCUT2D eigenvalue weighted by atomic mass is 10.1. The number of hydrogen-bond acceptors (Lipinski definition) is 5. The lowest BCUT2D eigenvalue weighted by Crippen LogP contribution is -2.35. The smallest absolute Gasteiger partial charge is 0.139 e. The molecule has 6 nitrogen and oxygen atoms in total. The first-order valence-corrected chi connectivity index (χ1v) is 11.1. The summed E-state index contributed by atoms with van der Waals surface area (Å²) in [6.45, 7) is 2.12. The van der Waals surface area contributed by atoms with Crippen molar-refractivity contribution in [2.75, 3.05) is 18.4 Å². The van der Waals surface area contributed by atoms with Crippen molar-refractivity contribution in [3.63, 3.8) is 0 Å². The van der Waals surface area contributed by atoms with Gasteiger partial charge in [0.25, 0.3) is 0 Å². The molecule has 0 radical (unpaired) electrons. The molecule has 6 heteroatoms. The topological polar surface area (TPSA) is 67.7 Å². The number of nitrogens with zero attached hydrogens (tertiary/aromatic N) is 4. The van der Waals surface area contributed by atoms with E-state index in [0.29, 0.717) is 6.04 Å². The first-order chi connectivity index (χ1) is 15.8. The number of piperidine rings is 1. The minimum absolute atomic E-state index is 0.480. The van der Waals surface area contributed by atoms with Gasteiger partial charge in [-0.05, 0) is 79.5 Å². The SMILES string of the molecule is c1cc(NC2CCNCC2)c2nc(-n3cnc4cc(-c5ccncc5)ccc43)ccc2c1. The summed E-state index contributed by atoms with van der Waals surface area (Å²) < 4.78 is 2.06. The molecule has 4 heterocycles. The Hall–Kier alpha value is -3.77. The number of aromatic nitrogens is 4. The molecular weight excluding hydrogens is 396 g/mol. The lowest BCUT2D eigenvalue weighted by molar-refractivity contribution is 0.479. The van der Waals surface area contributed by atoms with E-state index in [1.807, 2.05) is 30.9 Å². The molecule has 1 fully saturated rings. The van der Waals surface area contributed by atoms with Gasteiger partial charge < -0.3 is 10.6 Å². The molecule has 0 unspecified atom stereocenters. The van der Waals surface area contributed by atoms with Gasteiger partial charge in [-0.15, -0.1) is 0 Å². The normalized spacial score (nSPS) is 14.8. The van der Waals surface area contributed by atoms with Crippen molar-refractivity contribution >= 4 is 27.6 Å². The standard InChI is InChI=1S/C26H24N6/c1-2-19-5-7-25(31-26(19)22(3-1)30-21-10-14-28-15-11-21)32-17-29-23-16-20(4-6-24(23)32)18-8-12-27-13-9-18/h1-9,12-13,16-17,21,28,30H,10-11,14-15H2. The van der Waals surface area contributed by atoms with Crippen LogP contribution in [0.3, 0.4) is 0 Å². The first-order valence-electron chi connectivity index (χ1n) is 11.1. The van der Waals surface area contributed by atoms with E-state index >= 15 is 0 Å². The quantitative estimate of drug-likeness (QED) is 0.437. The fourth-order valence-electron chi connectivity index (χ4n) is 4.49. The molecule has 1 saturated heterocycles. The second kappa shape index (κ2) is 8.05. The summed E-state index contributed by atoms with van der Waals surface area (Å²) in [5.41, 5.74) is 6.35. The summed E-state index contributed by atoms with van der Waals surface area (Å²) in [6, 6.07) is 21.4. The molecule has 0 atom stereocenters. The summed E-state index contributed by atoms with van der Waals surface area (Å²) in [7, 11) is 0. The lowest BCUT2D eigenvalue weighted by Gasteiger charge is -2.25. The number of benzene rings is 2. The molecule has 0 spiro atoms. The van der Waals surface area contributed by atoms with Crippen LogP contribution < -0.4 is 10.6 Å². The van der Waals surface area contributed by atoms with Gasteiger partial charge in [0.1, 0.15) is 12.1 Å². The van der Waals surface area contributed by atoms with Crippen LogP contribution >= 0.6 is 0 Å². The Bertz CT molecular complexity index is 1390. The number of imidazole rings is 1. The molecule has 0 aliphatic carbocycles. The number of rotatable bonds is 4. The molecule has 5 aromatic rings. The van der Waals surface area contributed by atoms with Crippen LogP contribution in [0.15, 0.2) is 79.4 Å². The van der Waals surface area contributed by atoms with Gasteiger partial charge in [0.15, 0.2) is 0 Å². The summed E-state index contributed by atoms with van der Waals surface area (Å²) in [5.74, 6) is 0.872. The average Bonchev–Trinajstić information content (AvgIpc) is 3.29. The minimum atomic E-state index is 0.480. The Labute approximate surface area is 186 Å². The molecule has 2 N–H and O–H groups in total. The number of anilines is 1. The van der Waals surface area contributed by atoms with Crippen molar-refractivity contribution in [2.45, 2.75) is 18.9 Å². The maximum atomic E-state index is 5.05. The Balaban J connectivity index is 1.39. The van der Waals surface area contributed by atoms with Gasteiger partial charge >= 0.3 is 0 Å². The highest BCUT2D eigenvalue weighted by Gasteiger charge is 2.15. The van der Waals surface area contributed by atoms with Crippen LogP contribution in [-0.2, 0) is 0 Å². The van der Waals surface area contributed by atoms with Crippen LogP contribution in [0.25, 0.3) is 38.9 Å². The predicted octanol–water partition coefficient (Wildman–Crippen LogP) is 4.80. The van der Waals surface area contributed by atoms with E-state index in [9.17, 15) is 0 Å². The maximum absolute atomic E-state index is 5.05. The van der Waals surface area contributed by atoms with Gasteiger partial charge in [0.05, 0.1) is 22.2 Å². The third kappa shape index (κ3) is 3.48. The van der Waals surface area contributed by atoms with E-state index in [4.69, 9.17) is 4.98 Å². The number of pyridine rings is 2. The van der Waals surface area contributed by atoms with Gasteiger partial charge in [-0.3, -0.25) is 9.55 Å². The molecular formula is C26H24N6. The van der Waals surface area contributed by atoms with Crippen molar-refractivity contribution in [3.8, 4) is 16.9 Å². The second-order valence-corrected chi connectivity index (χ2v) is 8.27. The van der Waals surface area contributed by atoms with Crippen molar-refractivity contribution in [1.82, 2.24) is 24.8 Å². The van der Waals surface area contributed by atoms with E-state index in [-0.39, 0.29) is 0 Å². The second-order valence-electron chi connectivity index (χ2n) is 8.27. The van der Waals surface area contributed by atoms with Crippen LogP contribution in [0, 0.1) is 0 Å². The minimum Gasteiger partial charge on any atom is -0.380 e. The van der Waals surface area contributed by atoms with Crippen LogP contribution in [-0.4, -0.2) is 38.7 Å². The van der Waals surface area contributed by atoms with E-state index in [0.717, 1.165) is 70.5 Å². The van der Waals surface area contributed by atoms with E-state index in [1.54, 1.807) is 0 Å². The van der Waals surface area contributed by atoms with Gasteiger partial charge in [-0.25, -0.2) is 9.97 Å². The monoisotopic (exact) mass is 420 g/mol.